The van der Waals surface area contributed by atoms with Gasteiger partial charge in [0.1, 0.15) is 6.10 Å². The van der Waals surface area contributed by atoms with E-state index in [2.05, 4.69) is 4.98 Å². The molecular weight excluding hydrogens is 214 g/mol. The summed E-state index contributed by atoms with van der Waals surface area (Å²) in [5.74, 6) is 0.520. The molecule has 0 aliphatic heterocycles. The van der Waals surface area contributed by atoms with Gasteiger partial charge in [0, 0.05) is 17.8 Å². The van der Waals surface area contributed by atoms with Crippen molar-refractivity contribution in [2.45, 2.75) is 13.0 Å². The predicted octanol–water partition coefficient (Wildman–Crippen LogP) is 3.03. The van der Waals surface area contributed by atoms with Gasteiger partial charge in [0.2, 0.25) is 5.88 Å². The largest absolute Gasteiger partial charge is 0.470 e. The van der Waals surface area contributed by atoms with Crippen molar-refractivity contribution >= 4 is 6.29 Å². The van der Waals surface area contributed by atoms with Gasteiger partial charge in [-0.15, -0.1) is 0 Å². The third kappa shape index (κ3) is 2.91. The van der Waals surface area contributed by atoms with Crippen LogP contribution in [0.25, 0.3) is 0 Å². The average molecular weight is 227 g/mol. The van der Waals surface area contributed by atoms with E-state index in [0.717, 1.165) is 11.8 Å². The van der Waals surface area contributed by atoms with Crippen LogP contribution in [0, 0.1) is 0 Å². The minimum Gasteiger partial charge on any atom is -0.470 e. The predicted molar refractivity (Wildman–Crippen MR) is 65.1 cm³/mol. The molecule has 86 valence electrons. The first-order chi connectivity index (χ1) is 8.29. The van der Waals surface area contributed by atoms with Gasteiger partial charge in [-0.2, -0.15) is 0 Å². The number of carbonyl (C=O) groups is 1. The second-order valence-corrected chi connectivity index (χ2v) is 3.72. The summed E-state index contributed by atoms with van der Waals surface area (Å²) in [6.45, 7) is 1.96. The van der Waals surface area contributed by atoms with Crippen LogP contribution in [0.3, 0.4) is 0 Å². The van der Waals surface area contributed by atoms with Crippen molar-refractivity contribution in [3.05, 3.63) is 59.8 Å². The quantitative estimate of drug-likeness (QED) is 0.753. The fourth-order valence-electron chi connectivity index (χ4n) is 1.50. The lowest BCUT2D eigenvalue weighted by Crippen LogP contribution is -2.04. The molecule has 0 aliphatic carbocycles. The maximum Gasteiger partial charge on any atom is 0.213 e. The highest BCUT2D eigenvalue weighted by Gasteiger charge is 2.06. The number of pyridine rings is 1. The second kappa shape index (κ2) is 5.25. The first-order valence-corrected chi connectivity index (χ1v) is 5.42. The van der Waals surface area contributed by atoms with E-state index in [1.165, 1.54) is 6.20 Å². The third-order valence-corrected chi connectivity index (χ3v) is 2.46. The Bertz CT molecular complexity index is 479. The molecule has 1 aromatic carbocycles. The summed E-state index contributed by atoms with van der Waals surface area (Å²) in [4.78, 5) is 14.5. The maximum absolute atomic E-state index is 10.5. The molecule has 1 heterocycles. The molecule has 3 heteroatoms. The molecule has 0 radical (unpaired) electrons. The minimum atomic E-state index is -0.0641. The van der Waals surface area contributed by atoms with E-state index in [4.69, 9.17) is 4.74 Å². The van der Waals surface area contributed by atoms with E-state index in [1.807, 2.05) is 37.3 Å². The van der Waals surface area contributed by atoms with Crippen molar-refractivity contribution in [2.75, 3.05) is 0 Å². The van der Waals surface area contributed by atoms with Crippen LogP contribution < -0.4 is 4.74 Å². The van der Waals surface area contributed by atoms with Gasteiger partial charge in [-0.05, 0) is 18.6 Å². The second-order valence-electron chi connectivity index (χ2n) is 3.72. The number of aldehydes is 1. The number of hydrogen-bond acceptors (Lipinski definition) is 3. The third-order valence-electron chi connectivity index (χ3n) is 2.46. The molecule has 3 nitrogen and oxygen atoms in total. The molecule has 0 fully saturated rings. The normalized spacial score (nSPS) is 11.8. The van der Waals surface area contributed by atoms with Crippen LogP contribution in [0.2, 0.25) is 0 Å². The molecule has 2 rings (SSSR count). The van der Waals surface area contributed by atoms with Crippen LogP contribution in [-0.2, 0) is 0 Å². The minimum absolute atomic E-state index is 0.0641. The van der Waals surface area contributed by atoms with Crippen LogP contribution in [0.4, 0.5) is 0 Å². The highest BCUT2D eigenvalue weighted by Crippen LogP contribution is 2.19. The number of benzene rings is 1. The topological polar surface area (TPSA) is 39.2 Å². The Morgan fingerprint density at radius 1 is 1.18 bits per heavy atom. The molecule has 0 amide bonds. The Balaban J connectivity index is 2.07. The highest BCUT2D eigenvalue weighted by molar-refractivity contribution is 5.73. The van der Waals surface area contributed by atoms with E-state index in [-0.39, 0.29) is 6.10 Å². The molecule has 0 saturated heterocycles. The number of aromatic nitrogens is 1. The molecule has 0 saturated carbocycles. The summed E-state index contributed by atoms with van der Waals surface area (Å²) < 4.78 is 5.67. The SMILES string of the molecule is CC(Oc1ccc(C=O)cn1)c1ccccc1. The Kier molecular flexibility index (Phi) is 3.50. The average Bonchev–Trinajstić information content (AvgIpc) is 2.40. The van der Waals surface area contributed by atoms with Crippen molar-refractivity contribution in [3.8, 4) is 5.88 Å². The highest BCUT2D eigenvalue weighted by atomic mass is 16.5. The Hall–Kier alpha value is -2.16. The van der Waals surface area contributed by atoms with Crippen molar-refractivity contribution in [1.82, 2.24) is 4.98 Å². The molecule has 2 aromatic rings. The van der Waals surface area contributed by atoms with Crippen LogP contribution in [0.1, 0.15) is 28.9 Å². The molecule has 0 aliphatic rings. The van der Waals surface area contributed by atoms with Crippen molar-refractivity contribution in [1.29, 1.82) is 0 Å². The first-order valence-electron chi connectivity index (χ1n) is 5.42. The van der Waals surface area contributed by atoms with Gasteiger partial charge >= 0.3 is 0 Å². The molecule has 0 bridgehead atoms. The zero-order chi connectivity index (χ0) is 12.1. The van der Waals surface area contributed by atoms with Gasteiger partial charge < -0.3 is 4.74 Å². The fourth-order valence-corrected chi connectivity index (χ4v) is 1.50. The zero-order valence-corrected chi connectivity index (χ0v) is 9.54. The lowest BCUT2D eigenvalue weighted by atomic mass is 10.1. The number of nitrogens with zero attached hydrogens (tertiary/aromatic N) is 1. The van der Waals surface area contributed by atoms with E-state index in [0.29, 0.717) is 11.4 Å². The summed E-state index contributed by atoms with van der Waals surface area (Å²) >= 11 is 0. The Morgan fingerprint density at radius 3 is 2.53 bits per heavy atom. The van der Waals surface area contributed by atoms with E-state index in [9.17, 15) is 4.79 Å². The van der Waals surface area contributed by atoms with Crippen LogP contribution in [-0.4, -0.2) is 11.3 Å². The van der Waals surface area contributed by atoms with Crippen LogP contribution >= 0.6 is 0 Å². The Labute approximate surface area is 100 Å². The lowest BCUT2D eigenvalue weighted by molar-refractivity contribution is 0.112. The van der Waals surface area contributed by atoms with Crippen LogP contribution in [0.15, 0.2) is 48.7 Å². The van der Waals surface area contributed by atoms with Gasteiger partial charge in [-0.1, -0.05) is 30.3 Å². The van der Waals surface area contributed by atoms with Gasteiger partial charge in [0.25, 0.3) is 0 Å². The molecule has 0 N–H and O–H groups in total. The number of carbonyl (C=O) groups excluding carboxylic acids is 1. The molecule has 1 unspecified atom stereocenters. The molecule has 1 aromatic heterocycles. The molecular formula is C14H13NO2. The first kappa shape index (κ1) is 11.3. The zero-order valence-electron chi connectivity index (χ0n) is 9.54. The van der Waals surface area contributed by atoms with Gasteiger partial charge in [-0.25, -0.2) is 4.98 Å². The number of hydrogen-bond donors (Lipinski definition) is 0. The summed E-state index contributed by atoms with van der Waals surface area (Å²) in [5, 5.41) is 0. The summed E-state index contributed by atoms with van der Waals surface area (Å²) in [5.41, 5.74) is 1.64. The van der Waals surface area contributed by atoms with Crippen molar-refractivity contribution < 1.29 is 9.53 Å². The number of rotatable bonds is 4. The van der Waals surface area contributed by atoms with Crippen LogP contribution in [0.5, 0.6) is 5.88 Å². The van der Waals surface area contributed by atoms with Gasteiger partial charge in [-0.3, -0.25) is 4.79 Å². The molecule has 0 spiro atoms. The van der Waals surface area contributed by atoms with Gasteiger partial charge in [0.05, 0.1) is 0 Å². The van der Waals surface area contributed by atoms with Crippen molar-refractivity contribution in [2.24, 2.45) is 0 Å². The fraction of sp³-hybridized carbons (Fsp3) is 0.143. The summed E-state index contributed by atoms with van der Waals surface area (Å²) in [7, 11) is 0. The monoisotopic (exact) mass is 227 g/mol. The molecule has 17 heavy (non-hydrogen) atoms. The Morgan fingerprint density at radius 2 is 1.94 bits per heavy atom. The summed E-state index contributed by atoms with van der Waals surface area (Å²) in [6, 6.07) is 13.3. The smallest absolute Gasteiger partial charge is 0.213 e. The van der Waals surface area contributed by atoms with E-state index < -0.39 is 0 Å². The summed E-state index contributed by atoms with van der Waals surface area (Å²) in [6.07, 6.45) is 2.20. The maximum atomic E-state index is 10.5. The number of ether oxygens (including phenoxy) is 1. The van der Waals surface area contributed by atoms with Crippen molar-refractivity contribution in [3.63, 3.8) is 0 Å². The standard InChI is InChI=1S/C14H13NO2/c1-11(13-5-3-2-4-6-13)17-14-8-7-12(10-16)9-15-14/h2-11H,1H3. The lowest BCUT2D eigenvalue weighted by Gasteiger charge is -2.13. The van der Waals surface area contributed by atoms with E-state index in [1.54, 1.807) is 12.1 Å². The van der Waals surface area contributed by atoms with Gasteiger partial charge in [0.15, 0.2) is 6.29 Å². The van der Waals surface area contributed by atoms with E-state index >= 15 is 0 Å². The molecule has 1 atom stereocenters.